The number of carbonyl (C=O) groups excluding carboxylic acids is 2. The molecule has 0 fully saturated rings. The van der Waals surface area contributed by atoms with E-state index in [1.807, 2.05) is 17.7 Å². The molecule has 1 amide bonds. The Morgan fingerprint density at radius 3 is 2.77 bits per heavy atom. The number of esters is 1. The zero-order valence-corrected chi connectivity index (χ0v) is 13.1. The van der Waals surface area contributed by atoms with E-state index in [9.17, 15) is 9.59 Å². The molecule has 7 nitrogen and oxygen atoms in total. The highest BCUT2D eigenvalue weighted by Crippen LogP contribution is 2.18. The smallest absolute Gasteiger partial charge is 0.339 e. The topological polar surface area (TPSA) is 89.0 Å². The number of nitrogens with zero attached hydrogens (tertiary/aromatic N) is 2. The van der Waals surface area contributed by atoms with E-state index in [1.165, 1.54) is 7.11 Å². The fraction of sp³-hybridized carbons (Fsp3) is 0.400. The third-order valence-electron chi connectivity index (χ3n) is 3.48. The number of nitrogens with one attached hydrogen (secondary N) is 2. The van der Waals surface area contributed by atoms with E-state index in [2.05, 4.69) is 15.3 Å². The van der Waals surface area contributed by atoms with Gasteiger partial charge in [-0.3, -0.25) is 4.79 Å². The number of amides is 1. The largest absolute Gasteiger partial charge is 0.465 e. The van der Waals surface area contributed by atoms with Gasteiger partial charge in [0.1, 0.15) is 5.69 Å². The van der Waals surface area contributed by atoms with Gasteiger partial charge in [-0.15, -0.1) is 0 Å². The zero-order valence-electron chi connectivity index (χ0n) is 13.1. The number of aromatic amines is 1. The Hall–Kier alpha value is -2.57. The molecule has 2 N–H and O–H groups in total. The average Bonchev–Trinajstić information content (AvgIpc) is 3.06. The lowest BCUT2D eigenvalue weighted by atomic mass is 10.1. The first-order valence-electron chi connectivity index (χ1n) is 6.98. The molecule has 0 unspecified atom stereocenters. The zero-order chi connectivity index (χ0) is 16.3. The first kappa shape index (κ1) is 15.8. The van der Waals surface area contributed by atoms with Crippen LogP contribution in [0.2, 0.25) is 0 Å². The minimum Gasteiger partial charge on any atom is -0.465 e. The molecule has 2 heterocycles. The minimum absolute atomic E-state index is 0.0775. The highest BCUT2D eigenvalue weighted by atomic mass is 16.5. The van der Waals surface area contributed by atoms with E-state index in [0.29, 0.717) is 29.1 Å². The molecule has 0 saturated carbocycles. The summed E-state index contributed by atoms with van der Waals surface area (Å²) in [6, 6.07) is -0.0775. The van der Waals surface area contributed by atoms with Crippen LogP contribution < -0.4 is 5.32 Å². The van der Waals surface area contributed by atoms with Crippen LogP contribution in [0, 0.1) is 13.8 Å². The molecular formula is C15H20N4O3. The van der Waals surface area contributed by atoms with Gasteiger partial charge < -0.3 is 19.6 Å². The van der Waals surface area contributed by atoms with Crippen molar-refractivity contribution in [1.82, 2.24) is 19.9 Å². The maximum absolute atomic E-state index is 12.4. The fourth-order valence-electron chi connectivity index (χ4n) is 2.44. The molecule has 0 saturated heterocycles. The van der Waals surface area contributed by atoms with Gasteiger partial charge in [0.2, 0.25) is 0 Å². The molecule has 0 bridgehead atoms. The van der Waals surface area contributed by atoms with Crippen LogP contribution >= 0.6 is 0 Å². The lowest BCUT2D eigenvalue weighted by molar-refractivity contribution is 0.0599. The predicted octanol–water partition coefficient (Wildman–Crippen LogP) is 1.43. The van der Waals surface area contributed by atoms with Crippen LogP contribution in [-0.2, 0) is 11.3 Å². The number of hydrogen-bond acceptors (Lipinski definition) is 4. The Balaban J connectivity index is 2.11. The lowest BCUT2D eigenvalue weighted by Gasteiger charge is -2.14. The third kappa shape index (κ3) is 3.19. The van der Waals surface area contributed by atoms with E-state index in [-0.39, 0.29) is 11.9 Å². The molecule has 0 aliphatic rings. The summed E-state index contributed by atoms with van der Waals surface area (Å²) in [7, 11) is 1.32. The highest BCUT2D eigenvalue weighted by molar-refractivity contribution is 6.00. The van der Waals surface area contributed by atoms with E-state index < -0.39 is 5.97 Å². The van der Waals surface area contributed by atoms with Crippen LogP contribution in [0.5, 0.6) is 0 Å². The lowest BCUT2D eigenvalue weighted by Crippen LogP contribution is -2.36. The molecule has 0 aliphatic carbocycles. The van der Waals surface area contributed by atoms with Crippen molar-refractivity contribution in [2.24, 2.45) is 0 Å². The van der Waals surface area contributed by atoms with Gasteiger partial charge in [0, 0.05) is 30.7 Å². The predicted molar refractivity (Wildman–Crippen MR) is 80.8 cm³/mol. The van der Waals surface area contributed by atoms with Crippen molar-refractivity contribution in [2.75, 3.05) is 7.11 Å². The van der Waals surface area contributed by atoms with E-state index >= 15 is 0 Å². The van der Waals surface area contributed by atoms with Gasteiger partial charge in [-0.05, 0) is 26.3 Å². The van der Waals surface area contributed by atoms with Gasteiger partial charge in [-0.1, -0.05) is 0 Å². The average molecular weight is 304 g/mol. The van der Waals surface area contributed by atoms with Crippen LogP contribution in [0.4, 0.5) is 0 Å². The number of H-pyrrole nitrogens is 1. The summed E-state index contributed by atoms with van der Waals surface area (Å²) >= 11 is 0. The van der Waals surface area contributed by atoms with Crippen molar-refractivity contribution in [3.8, 4) is 0 Å². The Labute approximate surface area is 128 Å². The van der Waals surface area contributed by atoms with E-state index in [0.717, 1.165) is 0 Å². The molecule has 2 aromatic rings. The summed E-state index contributed by atoms with van der Waals surface area (Å²) in [5.74, 6) is -0.694. The number of methoxy groups -OCH3 is 1. The monoisotopic (exact) mass is 304 g/mol. The van der Waals surface area contributed by atoms with Gasteiger partial charge in [0.05, 0.1) is 19.0 Å². The molecule has 0 spiro atoms. The Morgan fingerprint density at radius 1 is 1.45 bits per heavy atom. The van der Waals surface area contributed by atoms with Crippen LogP contribution in [0.3, 0.4) is 0 Å². The molecule has 0 aromatic carbocycles. The molecule has 118 valence electrons. The first-order chi connectivity index (χ1) is 10.4. The Bertz CT molecular complexity index is 673. The number of carbonyl (C=O) groups is 2. The second-order valence-corrected chi connectivity index (χ2v) is 5.25. The molecule has 2 rings (SSSR count). The first-order valence-corrected chi connectivity index (χ1v) is 6.98. The summed E-state index contributed by atoms with van der Waals surface area (Å²) in [4.78, 5) is 31.0. The van der Waals surface area contributed by atoms with Gasteiger partial charge in [0.25, 0.3) is 5.91 Å². The quantitative estimate of drug-likeness (QED) is 0.818. The van der Waals surface area contributed by atoms with Crippen LogP contribution in [0.15, 0.2) is 18.7 Å². The van der Waals surface area contributed by atoms with Gasteiger partial charge >= 0.3 is 5.97 Å². The Morgan fingerprint density at radius 2 is 2.18 bits per heavy atom. The number of rotatable bonds is 5. The second-order valence-electron chi connectivity index (χ2n) is 5.25. The minimum atomic E-state index is -0.447. The molecule has 0 radical (unpaired) electrons. The Kier molecular flexibility index (Phi) is 4.65. The normalized spacial score (nSPS) is 12.0. The van der Waals surface area contributed by atoms with Crippen molar-refractivity contribution in [1.29, 1.82) is 0 Å². The second kappa shape index (κ2) is 6.46. The number of imidazole rings is 1. The third-order valence-corrected chi connectivity index (χ3v) is 3.48. The summed E-state index contributed by atoms with van der Waals surface area (Å²) in [5.41, 5.74) is 2.01. The van der Waals surface area contributed by atoms with Crippen LogP contribution in [0.1, 0.15) is 39.0 Å². The summed E-state index contributed by atoms with van der Waals surface area (Å²) < 4.78 is 6.63. The maximum Gasteiger partial charge on any atom is 0.339 e. The van der Waals surface area contributed by atoms with Crippen LogP contribution in [0.25, 0.3) is 0 Å². The SMILES string of the molecule is COC(=O)c1c(C)[nH]c(C(=O)N[C@H](C)Cn2ccnc2)c1C. The van der Waals surface area contributed by atoms with Crippen molar-refractivity contribution < 1.29 is 14.3 Å². The van der Waals surface area contributed by atoms with Crippen molar-refractivity contribution >= 4 is 11.9 Å². The number of aromatic nitrogens is 3. The van der Waals surface area contributed by atoms with Gasteiger partial charge in [-0.25, -0.2) is 9.78 Å². The van der Waals surface area contributed by atoms with Crippen molar-refractivity contribution in [3.63, 3.8) is 0 Å². The molecule has 1 atom stereocenters. The van der Waals surface area contributed by atoms with E-state index in [1.54, 1.807) is 26.4 Å². The summed E-state index contributed by atoms with van der Waals surface area (Å²) in [6.45, 7) is 5.99. The molecule has 2 aromatic heterocycles. The standard InChI is InChI=1S/C15H20N4O3/c1-9(7-19-6-5-16-8-19)17-14(20)13-10(2)12(11(3)18-13)15(21)22-4/h5-6,8-9,18H,7H2,1-4H3,(H,17,20)/t9-/m1/s1. The molecule has 22 heavy (non-hydrogen) atoms. The van der Waals surface area contributed by atoms with Crippen LogP contribution in [-0.4, -0.2) is 39.6 Å². The van der Waals surface area contributed by atoms with Gasteiger partial charge in [0.15, 0.2) is 0 Å². The molecule has 7 heteroatoms. The van der Waals surface area contributed by atoms with E-state index in [4.69, 9.17) is 4.74 Å². The van der Waals surface area contributed by atoms with Gasteiger partial charge in [-0.2, -0.15) is 0 Å². The van der Waals surface area contributed by atoms with Crippen molar-refractivity contribution in [3.05, 3.63) is 41.2 Å². The highest BCUT2D eigenvalue weighted by Gasteiger charge is 2.23. The molecule has 0 aliphatic heterocycles. The maximum atomic E-state index is 12.4. The summed E-state index contributed by atoms with van der Waals surface area (Å²) in [5, 5.41) is 2.90. The number of aryl methyl sites for hydroxylation is 1. The summed E-state index contributed by atoms with van der Waals surface area (Å²) in [6.07, 6.45) is 5.22. The number of hydrogen-bond donors (Lipinski definition) is 2. The number of ether oxygens (including phenoxy) is 1. The fourth-order valence-corrected chi connectivity index (χ4v) is 2.44. The van der Waals surface area contributed by atoms with Crippen molar-refractivity contribution in [2.45, 2.75) is 33.4 Å². The molecular weight excluding hydrogens is 284 g/mol.